The highest BCUT2D eigenvalue weighted by Gasteiger charge is 2.34. The highest BCUT2D eigenvalue weighted by atomic mass is 16.6. The van der Waals surface area contributed by atoms with Crippen molar-refractivity contribution in [3.05, 3.63) is 48.2 Å². The van der Waals surface area contributed by atoms with Gasteiger partial charge in [0.1, 0.15) is 18.6 Å². The number of pyridine rings is 1. The Morgan fingerprint density at radius 2 is 1.73 bits per heavy atom. The largest absolute Gasteiger partial charge is 0.399 e. The van der Waals surface area contributed by atoms with Crippen LogP contribution >= 0.6 is 0 Å². The third-order valence-corrected chi connectivity index (χ3v) is 6.89. The summed E-state index contributed by atoms with van der Waals surface area (Å²) < 4.78 is 0. The highest BCUT2D eigenvalue weighted by Crippen LogP contribution is 2.29. The van der Waals surface area contributed by atoms with Gasteiger partial charge in [-0.05, 0) is 69.5 Å². The van der Waals surface area contributed by atoms with Crippen LogP contribution in [0.25, 0.3) is 0 Å². The average molecular weight is 452 g/mol. The van der Waals surface area contributed by atoms with Gasteiger partial charge < -0.3 is 15.5 Å². The van der Waals surface area contributed by atoms with Gasteiger partial charge in [0.2, 0.25) is 5.91 Å². The van der Waals surface area contributed by atoms with Crippen LogP contribution in [-0.2, 0) is 9.63 Å². The molecule has 0 saturated carbocycles. The van der Waals surface area contributed by atoms with E-state index in [0.717, 1.165) is 57.6 Å². The van der Waals surface area contributed by atoms with E-state index < -0.39 is 0 Å². The maximum absolute atomic E-state index is 13.2. The highest BCUT2D eigenvalue weighted by molar-refractivity contribution is 5.98. The van der Waals surface area contributed by atoms with Gasteiger partial charge in [0, 0.05) is 49.6 Å². The molecule has 1 unspecified atom stereocenters. The molecule has 2 fully saturated rings. The Bertz CT molecular complexity index is 952. The lowest BCUT2D eigenvalue weighted by Crippen LogP contribution is -2.46. The van der Waals surface area contributed by atoms with Gasteiger partial charge in [-0.15, -0.1) is 0 Å². The second-order valence-electron chi connectivity index (χ2n) is 8.83. The van der Waals surface area contributed by atoms with E-state index in [1.807, 2.05) is 17.0 Å². The zero-order chi connectivity index (χ0) is 23.2. The number of rotatable bonds is 6. The minimum absolute atomic E-state index is 0.0945. The monoisotopic (exact) mass is 451 g/mol. The quantitative estimate of drug-likeness (QED) is 0.531. The number of nitrogens with zero attached hydrogens (tertiary/aromatic N) is 6. The van der Waals surface area contributed by atoms with E-state index in [4.69, 9.17) is 10.6 Å². The van der Waals surface area contributed by atoms with Crippen molar-refractivity contribution >= 4 is 17.4 Å². The molecule has 1 atom stereocenters. The molecule has 2 aliphatic rings. The number of oxime groups is 1. The molecule has 0 spiro atoms. The SMILES string of the molecule is CON=C(c1ncccn1)C1CCN(C(=O)C2CCN(C(C)c3ccnc(N)c3)CC2)CC1. The first-order valence-electron chi connectivity index (χ1n) is 11.7. The van der Waals surface area contributed by atoms with Gasteiger partial charge >= 0.3 is 0 Å². The fourth-order valence-electron chi connectivity index (χ4n) is 4.93. The third-order valence-electron chi connectivity index (χ3n) is 6.89. The zero-order valence-electron chi connectivity index (χ0n) is 19.4. The van der Waals surface area contributed by atoms with Crippen LogP contribution in [0.4, 0.5) is 5.82 Å². The van der Waals surface area contributed by atoms with E-state index in [9.17, 15) is 4.79 Å². The van der Waals surface area contributed by atoms with E-state index in [1.54, 1.807) is 31.8 Å². The van der Waals surface area contributed by atoms with Crippen LogP contribution in [0.2, 0.25) is 0 Å². The number of amides is 1. The summed E-state index contributed by atoms with van der Waals surface area (Å²) in [6.45, 7) is 5.47. The number of aromatic nitrogens is 3. The number of anilines is 1. The van der Waals surface area contributed by atoms with Crippen LogP contribution in [0.15, 0.2) is 41.9 Å². The number of piperidine rings is 2. The molecule has 9 heteroatoms. The first-order chi connectivity index (χ1) is 16.1. The second-order valence-corrected chi connectivity index (χ2v) is 8.83. The molecule has 0 bridgehead atoms. The number of likely N-dealkylation sites (tertiary alicyclic amines) is 2. The molecule has 33 heavy (non-hydrogen) atoms. The molecule has 2 saturated heterocycles. The van der Waals surface area contributed by atoms with Gasteiger partial charge in [0.05, 0.1) is 0 Å². The molecule has 0 aromatic carbocycles. The fourth-order valence-corrected chi connectivity index (χ4v) is 4.93. The van der Waals surface area contributed by atoms with Gasteiger partial charge in [0.25, 0.3) is 0 Å². The molecule has 4 rings (SSSR count). The summed E-state index contributed by atoms with van der Waals surface area (Å²) in [5.74, 6) is 1.71. The summed E-state index contributed by atoms with van der Waals surface area (Å²) in [5.41, 5.74) is 7.79. The van der Waals surface area contributed by atoms with Gasteiger partial charge in [-0.1, -0.05) is 5.16 Å². The van der Waals surface area contributed by atoms with Crippen molar-refractivity contribution in [1.29, 1.82) is 0 Å². The van der Waals surface area contributed by atoms with Crippen molar-refractivity contribution < 1.29 is 9.63 Å². The molecular formula is C24H33N7O2. The smallest absolute Gasteiger partial charge is 0.225 e. The first-order valence-corrected chi connectivity index (χ1v) is 11.7. The zero-order valence-corrected chi connectivity index (χ0v) is 19.4. The number of carbonyl (C=O) groups excluding carboxylic acids is 1. The second kappa shape index (κ2) is 10.7. The van der Waals surface area contributed by atoms with Crippen LogP contribution in [-0.4, -0.2) is 69.7 Å². The van der Waals surface area contributed by atoms with E-state index in [0.29, 0.717) is 11.6 Å². The molecule has 2 N–H and O–H groups in total. The van der Waals surface area contributed by atoms with E-state index in [1.165, 1.54) is 5.56 Å². The molecule has 0 radical (unpaired) electrons. The minimum atomic E-state index is 0.0945. The Hall–Kier alpha value is -3.07. The van der Waals surface area contributed by atoms with Crippen molar-refractivity contribution in [3.8, 4) is 0 Å². The van der Waals surface area contributed by atoms with Crippen molar-refractivity contribution in [2.75, 3.05) is 39.0 Å². The summed E-state index contributed by atoms with van der Waals surface area (Å²) in [5, 5.41) is 4.20. The number of carbonyl (C=O) groups is 1. The van der Waals surface area contributed by atoms with Crippen molar-refractivity contribution in [3.63, 3.8) is 0 Å². The normalized spacial score (nSPS) is 19.9. The molecule has 176 valence electrons. The average Bonchev–Trinajstić information content (AvgIpc) is 2.87. The summed E-state index contributed by atoms with van der Waals surface area (Å²) in [7, 11) is 1.54. The Morgan fingerprint density at radius 3 is 2.36 bits per heavy atom. The molecule has 0 aliphatic carbocycles. The molecule has 1 amide bonds. The van der Waals surface area contributed by atoms with Crippen molar-refractivity contribution in [2.45, 2.75) is 38.6 Å². The molecule has 2 aromatic heterocycles. The number of nitrogen functional groups attached to an aromatic ring is 1. The van der Waals surface area contributed by atoms with Crippen LogP contribution in [0.1, 0.15) is 50.0 Å². The third kappa shape index (κ3) is 5.47. The summed E-state index contributed by atoms with van der Waals surface area (Å²) in [6.07, 6.45) is 8.63. The molecular weight excluding hydrogens is 418 g/mol. The molecule has 2 aromatic rings. The summed E-state index contributed by atoms with van der Waals surface area (Å²) in [4.78, 5) is 35.5. The fraction of sp³-hybridized carbons (Fsp3) is 0.542. The molecule has 4 heterocycles. The summed E-state index contributed by atoms with van der Waals surface area (Å²) in [6, 6.07) is 6.01. The van der Waals surface area contributed by atoms with Crippen LogP contribution in [0.5, 0.6) is 0 Å². The number of nitrogens with two attached hydrogens (primary N) is 1. The Balaban J connectivity index is 1.29. The first kappa shape index (κ1) is 23.1. The molecule has 2 aliphatic heterocycles. The lowest BCUT2D eigenvalue weighted by Gasteiger charge is -2.39. The van der Waals surface area contributed by atoms with E-state index in [-0.39, 0.29) is 23.8 Å². The van der Waals surface area contributed by atoms with Crippen LogP contribution < -0.4 is 5.73 Å². The van der Waals surface area contributed by atoms with Gasteiger partial charge in [0.15, 0.2) is 5.82 Å². The van der Waals surface area contributed by atoms with E-state index >= 15 is 0 Å². The lowest BCUT2D eigenvalue weighted by molar-refractivity contribution is -0.138. The minimum Gasteiger partial charge on any atom is -0.399 e. The number of hydrogen-bond acceptors (Lipinski definition) is 8. The Kier molecular flexibility index (Phi) is 7.49. The predicted molar refractivity (Wildman–Crippen MR) is 126 cm³/mol. The Labute approximate surface area is 195 Å². The predicted octanol–water partition coefficient (Wildman–Crippen LogP) is 2.52. The van der Waals surface area contributed by atoms with Crippen molar-refractivity contribution in [1.82, 2.24) is 24.8 Å². The Morgan fingerprint density at radius 1 is 1.06 bits per heavy atom. The maximum Gasteiger partial charge on any atom is 0.225 e. The topological polar surface area (TPSA) is 110 Å². The van der Waals surface area contributed by atoms with Crippen LogP contribution in [0.3, 0.4) is 0 Å². The standard InChI is InChI=1S/C24H33N7O2/c1-17(20-4-11-26-21(25)16-20)30-12-7-19(8-13-30)24(32)31-14-5-18(6-15-31)22(29-33-2)23-27-9-3-10-28-23/h3-4,9-11,16-19H,5-8,12-15H2,1-2H3,(H2,25,26). The van der Waals surface area contributed by atoms with Gasteiger partial charge in [-0.25, -0.2) is 15.0 Å². The van der Waals surface area contributed by atoms with Crippen molar-refractivity contribution in [2.24, 2.45) is 17.0 Å². The van der Waals surface area contributed by atoms with Gasteiger partial charge in [-0.2, -0.15) is 0 Å². The lowest BCUT2D eigenvalue weighted by atomic mass is 9.89. The molecule has 9 nitrogen and oxygen atoms in total. The van der Waals surface area contributed by atoms with E-state index in [2.05, 4.69) is 31.9 Å². The maximum atomic E-state index is 13.2. The van der Waals surface area contributed by atoms with Gasteiger partial charge in [-0.3, -0.25) is 9.69 Å². The summed E-state index contributed by atoms with van der Waals surface area (Å²) >= 11 is 0. The number of hydrogen-bond donors (Lipinski definition) is 1. The van der Waals surface area contributed by atoms with Crippen LogP contribution in [0, 0.1) is 11.8 Å².